The normalized spacial score (nSPS) is 21.5. The third-order valence-corrected chi connectivity index (χ3v) is 3.68. The lowest BCUT2D eigenvalue weighted by molar-refractivity contribution is -0.121. The van der Waals surface area contributed by atoms with Crippen molar-refractivity contribution in [3.05, 3.63) is 5.01 Å². The smallest absolute Gasteiger partial charge is 0.236 e. The topological polar surface area (TPSA) is 63.2 Å². The number of hydrogen-bond acceptors (Lipinski definition) is 5. The van der Waals surface area contributed by atoms with Crippen molar-refractivity contribution < 1.29 is 9.59 Å². The molecule has 1 aliphatic carbocycles. The minimum absolute atomic E-state index is 0.0122. The molecule has 0 N–H and O–H groups in total. The molecule has 15 heavy (non-hydrogen) atoms. The average Bonchev–Trinajstić information content (AvgIpc) is 2.83. The standard InChI is InChI=1S/C9H9N3O2S/c13-6-3-7(14)12(4-6)9-11-10-8(15-9)5-1-2-5/h5H,1-4H2. The van der Waals surface area contributed by atoms with Gasteiger partial charge in [0.25, 0.3) is 0 Å². The monoisotopic (exact) mass is 223 g/mol. The van der Waals surface area contributed by atoms with Crippen LogP contribution in [0.5, 0.6) is 0 Å². The lowest BCUT2D eigenvalue weighted by Gasteiger charge is -2.07. The third-order valence-electron chi connectivity index (χ3n) is 2.57. The molecule has 0 atom stereocenters. The zero-order chi connectivity index (χ0) is 10.4. The highest BCUT2D eigenvalue weighted by Gasteiger charge is 2.33. The Kier molecular flexibility index (Phi) is 1.85. The van der Waals surface area contributed by atoms with Crippen molar-refractivity contribution in [2.24, 2.45) is 0 Å². The predicted molar refractivity (Wildman–Crippen MR) is 53.9 cm³/mol. The van der Waals surface area contributed by atoms with Crippen LogP contribution in [-0.2, 0) is 9.59 Å². The molecule has 1 saturated heterocycles. The maximum atomic E-state index is 11.4. The first-order valence-electron chi connectivity index (χ1n) is 4.89. The van der Waals surface area contributed by atoms with Crippen LogP contribution in [0.15, 0.2) is 0 Å². The summed E-state index contributed by atoms with van der Waals surface area (Å²) in [6.45, 7) is 0.165. The van der Waals surface area contributed by atoms with E-state index in [0.717, 1.165) is 5.01 Å². The number of nitrogens with zero attached hydrogens (tertiary/aromatic N) is 3. The van der Waals surface area contributed by atoms with Gasteiger partial charge in [0, 0.05) is 5.92 Å². The fraction of sp³-hybridized carbons (Fsp3) is 0.556. The molecule has 0 unspecified atom stereocenters. The molecule has 5 nitrogen and oxygen atoms in total. The number of carbonyl (C=O) groups excluding carboxylic acids is 2. The number of hydrogen-bond donors (Lipinski definition) is 0. The molecule has 1 aromatic heterocycles. The number of carbonyl (C=O) groups is 2. The van der Waals surface area contributed by atoms with Gasteiger partial charge in [-0.15, -0.1) is 10.2 Å². The Morgan fingerprint density at radius 3 is 2.67 bits per heavy atom. The molecule has 0 spiro atoms. The molecule has 1 saturated carbocycles. The first-order chi connectivity index (χ1) is 7.24. The van der Waals surface area contributed by atoms with E-state index in [1.165, 1.54) is 29.1 Å². The Hall–Kier alpha value is -1.30. The van der Waals surface area contributed by atoms with Crippen molar-refractivity contribution in [2.75, 3.05) is 11.4 Å². The van der Waals surface area contributed by atoms with Crippen LogP contribution in [0.25, 0.3) is 0 Å². The highest BCUT2D eigenvalue weighted by molar-refractivity contribution is 7.15. The molecule has 1 amide bonds. The van der Waals surface area contributed by atoms with Gasteiger partial charge in [0.15, 0.2) is 5.78 Å². The molecule has 3 rings (SSSR count). The molecule has 0 bridgehead atoms. The van der Waals surface area contributed by atoms with E-state index >= 15 is 0 Å². The van der Waals surface area contributed by atoms with Crippen molar-refractivity contribution in [1.82, 2.24) is 10.2 Å². The summed E-state index contributed by atoms with van der Waals surface area (Å²) in [7, 11) is 0. The van der Waals surface area contributed by atoms with Crippen LogP contribution in [-0.4, -0.2) is 28.4 Å². The van der Waals surface area contributed by atoms with E-state index < -0.39 is 0 Å². The summed E-state index contributed by atoms with van der Waals surface area (Å²) in [5.74, 6) is 0.353. The van der Waals surface area contributed by atoms with E-state index in [1.807, 2.05) is 0 Å². The molecule has 78 valence electrons. The van der Waals surface area contributed by atoms with Gasteiger partial charge in [-0.25, -0.2) is 0 Å². The van der Waals surface area contributed by atoms with Crippen LogP contribution in [0.2, 0.25) is 0 Å². The zero-order valence-electron chi connectivity index (χ0n) is 7.97. The first kappa shape index (κ1) is 8.96. The summed E-state index contributed by atoms with van der Waals surface area (Å²) in [5, 5.41) is 9.59. The number of Topliss-reactive ketones (excluding diaryl/α,β-unsaturated/α-hetero) is 1. The highest BCUT2D eigenvalue weighted by Crippen LogP contribution is 2.42. The van der Waals surface area contributed by atoms with Crippen molar-refractivity contribution >= 4 is 28.2 Å². The van der Waals surface area contributed by atoms with Crippen molar-refractivity contribution in [1.29, 1.82) is 0 Å². The third kappa shape index (κ3) is 1.54. The van der Waals surface area contributed by atoms with Gasteiger partial charge in [0.05, 0.1) is 13.0 Å². The SMILES string of the molecule is O=C1CC(=O)N(c2nnc(C3CC3)s2)C1. The Labute approximate surface area is 90.1 Å². The summed E-state index contributed by atoms with van der Waals surface area (Å²) in [4.78, 5) is 23.9. The molecule has 0 radical (unpaired) electrons. The quantitative estimate of drug-likeness (QED) is 0.693. The fourth-order valence-corrected chi connectivity index (χ4v) is 2.62. The van der Waals surface area contributed by atoms with E-state index in [0.29, 0.717) is 11.0 Å². The Balaban J connectivity index is 1.85. The maximum absolute atomic E-state index is 11.4. The second-order valence-corrected chi connectivity index (χ2v) is 4.88. The molecule has 2 heterocycles. The van der Waals surface area contributed by atoms with Gasteiger partial charge in [-0.05, 0) is 12.8 Å². The van der Waals surface area contributed by atoms with Gasteiger partial charge in [-0.2, -0.15) is 0 Å². The number of anilines is 1. The van der Waals surface area contributed by atoms with Crippen LogP contribution in [0.1, 0.15) is 30.2 Å². The van der Waals surface area contributed by atoms with Crippen LogP contribution >= 0.6 is 11.3 Å². The molecule has 2 aliphatic rings. The van der Waals surface area contributed by atoms with Crippen LogP contribution < -0.4 is 4.90 Å². The van der Waals surface area contributed by atoms with Gasteiger partial charge in [-0.1, -0.05) is 11.3 Å². The van der Waals surface area contributed by atoms with Crippen LogP contribution in [0.3, 0.4) is 0 Å². The van der Waals surface area contributed by atoms with Crippen LogP contribution in [0.4, 0.5) is 5.13 Å². The maximum Gasteiger partial charge on any atom is 0.236 e. The van der Waals surface area contributed by atoms with E-state index in [4.69, 9.17) is 0 Å². The lowest BCUT2D eigenvalue weighted by Crippen LogP contribution is -2.24. The number of aromatic nitrogens is 2. The van der Waals surface area contributed by atoms with E-state index in [1.54, 1.807) is 0 Å². The van der Waals surface area contributed by atoms with Crippen LogP contribution in [0, 0.1) is 0 Å². The van der Waals surface area contributed by atoms with Gasteiger partial charge in [0.1, 0.15) is 5.01 Å². The first-order valence-corrected chi connectivity index (χ1v) is 5.71. The Morgan fingerprint density at radius 2 is 2.07 bits per heavy atom. The fourth-order valence-electron chi connectivity index (χ4n) is 1.59. The summed E-state index contributed by atoms with van der Waals surface area (Å²) < 4.78 is 0. The molecular formula is C9H9N3O2S. The molecule has 6 heteroatoms. The van der Waals surface area contributed by atoms with Crippen molar-refractivity contribution in [3.63, 3.8) is 0 Å². The highest BCUT2D eigenvalue weighted by atomic mass is 32.1. The Morgan fingerprint density at radius 1 is 1.27 bits per heavy atom. The number of ketones is 1. The minimum Gasteiger partial charge on any atom is -0.297 e. The second kappa shape index (κ2) is 3.10. The lowest BCUT2D eigenvalue weighted by atomic mass is 10.3. The minimum atomic E-state index is -0.154. The summed E-state index contributed by atoms with van der Waals surface area (Å²) in [6, 6.07) is 0. The number of rotatable bonds is 2. The molecule has 2 fully saturated rings. The molecule has 1 aliphatic heterocycles. The summed E-state index contributed by atoms with van der Waals surface area (Å²) in [6.07, 6.45) is 2.35. The molecule has 1 aromatic rings. The zero-order valence-corrected chi connectivity index (χ0v) is 8.79. The van der Waals surface area contributed by atoms with Gasteiger partial charge in [-0.3, -0.25) is 14.5 Å². The van der Waals surface area contributed by atoms with Gasteiger partial charge >= 0.3 is 0 Å². The van der Waals surface area contributed by atoms with E-state index in [-0.39, 0.29) is 24.7 Å². The van der Waals surface area contributed by atoms with Crippen molar-refractivity contribution in [2.45, 2.75) is 25.2 Å². The summed E-state index contributed by atoms with van der Waals surface area (Å²) >= 11 is 1.44. The van der Waals surface area contributed by atoms with Gasteiger partial charge < -0.3 is 0 Å². The van der Waals surface area contributed by atoms with Gasteiger partial charge in [0.2, 0.25) is 11.0 Å². The van der Waals surface area contributed by atoms with Crippen molar-refractivity contribution in [3.8, 4) is 0 Å². The number of amides is 1. The van der Waals surface area contributed by atoms with E-state index in [2.05, 4.69) is 10.2 Å². The van der Waals surface area contributed by atoms with E-state index in [9.17, 15) is 9.59 Å². The summed E-state index contributed by atoms with van der Waals surface area (Å²) in [5.41, 5.74) is 0. The second-order valence-electron chi connectivity index (χ2n) is 3.89. The predicted octanol–water partition coefficient (Wildman–Crippen LogP) is 0.721. The average molecular weight is 223 g/mol. The largest absolute Gasteiger partial charge is 0.297 e. The molecule has 0 aromatic carbocycles. The Bertz CT molecular complexity index is 438. The molecular weight excluding hydrogens is 214 g/mol.